The van der Waals surface area contributed by atoms with Gasteiger partial charge in [-0.3, -0.25) is 4.79 Å². The number of rotatable bonds is 5. The van der Waals surface area contributed by atoms with Gasteiger partial charge in [0.15, 0.2) is 11.5 Å². The largest absolute Gasteiger partial charge is 0.454 e. The molecule has 0 bridgehead atoms. The van der Waals surface area contributed by atoms with E-state index in [0.717, 1.165) is 38.9 Å². The van der Waals surface area contributed by atoms with Crippen molar-refractivity contribution in [2.45, 2.75) is 25.3 Å². The number of hydrogen-bond donors (Lipinski definition) is 0. The van der Waals surface area contributed by atoms with Crippen molar-refractivity contribution >= 4 is 5.91 Å². The van der Waals surface area contributed by atoms with Gasteiger partial charge in [0, 0.05) is 31.7 Å². The zero-order valence-electron chi connectivity index (χ0n) is 15.8. The first-order valence-corrected chi connectivity index (χ1v) is 9.64. The van der Waals surface area contributed by atoms with Gasteiger partial charge in [-0.2, -0.15) is 0 Å². The Morgan fingerprint density at radius 3 is 2.81 bits per heavy atom. The standard InChI is InChI=1S/C22H26N2O3/c1-23(22(25)18-9-10-20-21(14-18)27-16-26-20)19-8-5-12-24(15-19)13-11-17-6-3-2-4-7-17/h2-4,6-7,9-10,14,19H,5,8,11-13,15-16H2,1H3/t19-/m0/s1. The fourth-order valence-corrected chi connectivity index (χ4v) is 3.88. The van der Waals surface area contributed by atoms with E-state index in [2.05, 4.69) is 35.2 Å². The number of likely N-dealkylation sites (N-methyl/N-ethyl adjacent to an activating group) is 1. The third-order valence-electron chi connectivity index (χ3n) is 5.53. The van der Waals surface area contributed by atoms with Crippen molar-refractivity contribution in [3.05, 3.63) is 59.7 Å². The molecule has 0 N–H and O–H groups in total. The van der Waals surface area contributed by atoms with Gasteiger partial charge in [-0.15, -0.1) is 0 Å². The second-order valence-electron chi connectivity index (χ2n) is 7.32. The van der Waals surface area contributed by atoms with Crippen molar-refractivity contribution in [1.29, 1.82) is 0 Å². The summed E-state index contributed by atoms with van der Waals surface area (Å²) >= 11 is 0. The maximum Gasteiger partial charge on any atom is 0.254 e. The number of piperidine rings is 1. The average Bonchev–Trinajstić information content (AvgIpc) is 3.20. The minimum Gasteiger partial charge on any atom is -0.454 e. The predicted octanol–water partition coefficient (Wildman–Crippen LogP) is 3.19. The topological polar surface area (TPSA) is 42.0 Å². The van der Waals surface area contributed by atoms with Gasteiger partial charge >= 0.3 is 0 Å². The molecule has 0 aliphatic carbocycles. The molecule has 0 aromatic heterocycles. The molecule has 0 saturated carbocycles. The molecule has 0 radical (unpaired) electrons. The second-order valence-corrected chi connectivity index (χ2v) is 7.32. The summed E-state index contributed by atoms with van der Waals surface area (Å²) < 4.78 is 10.7. The monoisotopic (exact) mass is 366 g/mol. The lowest BCUT2D eigenvalue weighted by Crippen LogP contribution is -2.48. The van der Waals surface area contributed by atoms with E-state index in [1.807, 2.05) is 24.1 Å². The van der Waals surface area contributed by atoms with Crippen LogP contribution in [0.4, 0.5) is 0 Å². The highest BCUT2D eigenvalue weighted by molar-refractivity contribution is 5.95. The molecule has 2 aromatic rings. The van der Waals surface area contributed by atoms with Crippen LogP contribution in [0, 0.1) is 0 Å². The van der Waals surface area contributed by atoms with E-state index >= 15 is 0 Å². The third-order valence-corrected chi connectivity index (χ3v) is 5.53. The van der Waals surface area contributed by atoms with E-state index in [9.17, 15) is 4.79 Å². The third kappa shape index (κ3) is 4.08. The summed E-state index contributed by atoms with van der Waals surface area (Å²) in [5.41, 5.74) is 2.02. The lowest BCUT2D eigenvalue weighted by atomic mass is 10.0. The van der Waals surface area contributed by atoms with Crippen LogP contribution in [0.15, 0.2) is 48.5 Å². The Balaban J connectivity index is 1.36. The molecule has 2 aromatic carbocycles. The van der Waals surface area contributed by atoms with E-state index in [4.69, 9.17) is 9.47 Å². The van der Waals surface area contributed by atoms with E-state index < -0.39 is 0 Å². The minimum atomic E-state index is 0.0446. The molecule has 1 amide bonds. The van der Waals surface area contributed by atoms with Crippen LogP contribution in [-0.4, -0.2) is 55.2 Å². The average molecular weight is 366 g/mol. The van der Waals surface area contributed by atoms with Gasteiger partial charge in [0.2, 0.25) is 6.79 Å². The molecule has 27 heavy (non-hydrogen) atoms. The van der Waals surface area contributed by atoms with Gasteiger partial charge in [0.25, 0.3) is 5.91 Å². The Kier molecular flexibility index (Phi) is 5.30. The lowest BCUT2D eigenvalue weighted by Gasteiger charge is -2.37. The van der Waals surface area contributed by atoms with Crippen molar-refractivity contribution in [1.82, 2.24) is 9.80 Å². The smallest absolute Gasteiger partial charge is 0.254 e. The Labute approximate surface area is 160 Å². The summed E-state index contributed by atoms with van der Waals surface area (Å²) in [5, 5.41) is 0. The van der Waals surface area contributed by atoms with Crippen molar-refractivity contribution in [2.24, 2.45) is 0 Å². The van der Waals surface area contributed by atoms with E-state index in [0.29, 0.717) is 17.1 Å². The van der Waals surface area contributed by atoms with Crippen LogP contribution in [0.3, 0.4) is 0 Å². The fraction of sp³-hybridized carbons (Fsp3) is 0.409. The molecule has 4 rings (SSSR count). The van der Waals surface area contributed by atoms with Gasteiger partial charge in [-0.1, -0.05) is 30.3 Å². The molecule has 1 atom stereocenters. The molecular weight excluding hydrogens is 340 g/mol. The number of fused-ring (bicyclic) bond motifs is 1. The molecule has 2 aliphatic heterocycles. The van der Waals surface area contributed by atoms with Gasteiger partial charge in [-0.25, -0.2) is 0 Å². The van der Waals surface area contributed by atoms with Crippen molar-refractivity contribution in [3.63, 3.8) is 0 Å². The minimum absolute atomic E-state index is 0.0446. The molecule has 0 spiro atoms. The first-order valence-electron chi connectivity index (χ1n) is 9.64. The Hall–Kier alpha value is -2.53. The first-order chi connectivity index (χ1) is 13.2. The molecule has 1 fully saturated rings. The van der Waals surface area contributed by atoms with Crippen LogP contribution in [0.2, 0.25) is 0 Å². The van der Waals surface area contributed by atoms with Gasteiger partial charge in [-0.05, 0) is 49.6 Å². The second kappa shape index (κ2) is 8.01. The molecule has 5 heteroatoms. The summed E-state index contributed by atoms with van der Waals surface area (Å²) in [5.74, 6) is 1.41. The number of ether oxygens (including phenoxy) is 2. The maximum atomic E-state index is 12.9. The van der Waals surface area contributed by atoms with Gasteiger partial charge in [0.05, 0.1) is 0 Å². The predicted molar refractivity (Wildman–Crippen MR) is 104 cm³/mol. The van der Waals surface area contributed by atoms with Crippen LogP contribution in [-0.2, 0) is 6.42 Å². The van der Waals surface area contributed by atoms with Gasteiger partial charge < -0.3 is 19.3 Å². The zero-order chi connectivity index (χ0) is 18.6. The number of amides is 1. The highest BCUT2D eigenvalue weighted by Gasteiger charge is 2.27. The summed E-state index contributed by atoms with van der Waals surface area (Å²) in [6, 6.07) is 16.3. The Bertz CT molecular complexity index is 793. The highest BCUT2D eigenvalue weighted by Crippen LogP contribution is 2.33. The maximum absolute atomic E-state index is 12.9. The first kappa shape index (κ1) is 17.9. The number of nitrogens with zero attached hydrogens (tertiary/aromatic N) is 2. The number of benzene rings is 2. The summed E-state index contributed by atoms with van der Waals surface area (Å²) in [4.78, 5) is 17.3. The molecule has 1 saturated heterocycles. The van der Waals surface area contributed by atoms with Crippen LogP contribution < -0.4 is 9.47 Å². The van der Waals surface area contributed by atoms with Gasteiger partial charge in [0.1, 0.15) is 0 Å². The normalized spacial score (nSPS) is 19.1. The SMILES string of the molecule is CN(C(=O)c1ccc2c(c1)OCO2)[C@H]1CCCN(CCc2ccccc2)C1. The molecule has 5 nitrogen and oxygen atoms in total. The van der Waals surface area contributed by atoms with Crippen LogP contribution in [0.5, 0.6) is 11.5 Å². The number of carbonyl (C=O) groups excluding carboxylic acids is 1. The zero-order valence-corrected chi connectivity index (χ0v) is 15.8. The fourth-order valence-electron chi connectivity index (χ4n) is 3.88. The van der Waals surface area contributed by atoms with Crippen molar-refractivity contribution in [3.8, 4) is 11.5 Å². The molecule has 0 unspecified atom stereocenters. The molecule has 2 heterocycles. The van der Waals surface area contributed by atoms with Crippen LogP contribution >= 0.6 is 0 Å². The quantitative estimate of drug-likeness (QED) is 0.815. The van der Waals surface area contributed by atoms with Crippen molar-refractivity contribution < 1.29 is 14.3 Å². The number of likely N-dealkylation sites (tertiary alicyclic amines) is 1. The summed E-state index contributed by atoms with van der Waals surface area (Å²) in [7, 11) is 1.91. The Morgan fingerprint density at radius 1 is 1.15 bits per heavy atom. The highest BCUT2D eigenvalue weighted by atomic mass is 16.7. The molecule has 2 aliphatic rings. The number of hydrogen-bond acceptors (Lipinski definition) is 4. The van der Waals surface area contributed by atoms with E-state index in [1.165, 1.54) is 5.56 Å². The summed E-state index contributed by atoms with van der Waals surface area (Å²) in [6.07, 6.45) is 3.22. The van der Waals surface area contributed by atoms with Crippen LogP contribution in [0.25, 0.3) is 0 Å². The summed E-state index contributed by atoms with van der Waals surface area (Å²) in [6.45, 7) is 3.30. The van der Waals surface area contributed by atoms with E-state index in [-0.39, 0.29) is 18.7 Å². The number of carbonyl (C=O) groups is 1. The molecule has 142 valence electrons. The van der Waals surface area contributed by atoms with E-state index in [1.54, 1.807) is 6.07 Å². The van der Waals surface area contributed by atoms with Crippen LogP contribution in [0.1, 0.15) is 28.8 Å². The Morgan fingerprint density at radius 2 is 1.96 bits per heavy atom. The van der Waals surface area contributed by atoms with Crippen molar-refractivity contribution in [2.75, 3.05) is 33.5 Å². The lowest BCUT2D eigenvalue weighted by molar-refractivity contribution is 0.0619. The molecular formula is C22H26N2O3.